The molecule has 1 N–H and O–H groups in total. The number of thiazole rings is 1. The van der Waals surface area contributed by atoms with Crippen molar-refractivity contribution < 1.29 is 17.6 Å². The molecule has 1 amide bonds. The number of halogens is 1. The second-order valence-electron chi connectivity index (χ2n) is 7.84. The van der Waals surface area contributed by atoms with Crippen LogP contribution in [0.3, 0.4) is 0 Å². The molecule has 1 aromatic heterocycles. The van der Waals surface area contributed by atoms with E-state index in [1.807, 2.05) is 6.92 Å². The summed E-state index contributed by atoms with van der Waals surface area (Å²) in [5.74, 6) is -0.696. The van der Waals surface area contributed by atoms with Crippen LogP contribution in [0.4, 0.5) is 10.1 Å². The van der Waals surface area contributed by atoms with Crippen LogP contribution >= 0.6 is 11.3 Å². The molecule has 2 heterocycles. The third-order valence-corrected chi connectivity index (χ3v) is 8.60. The van der Waals surface area contributed by atoms with Crippen LogP contribution in [0.25, 0.3) is 10.6 Å². The first-order chi connectivity index (χ1) is 15.3. The predicted octanol–water partition coefficient (Wildman–Crippen LogP) is 4.99. The molecule has 0 bridgehead atoms. The number of aryl methyl sites for hydroxylation is 2. The van der Waals surface area contributed by atoms with Crippen molar-refractivity contribution in [3.05, 3.63) is 64.4 Å². The van der Waals surface area contributed by atoms with Gasteiger partial charge in [0.2, 0.25) is 10.0 Å². The van der Waals surface area contributed by atoms with Gasteiger partial charge in [-0.2, -0.15) is 4.31 Å². The van der Waals surface area contributed by atoms with Gasteiger partial charge in [-0.15, -0.1) is 11.3 Å². The first-order valence-electron chi connectivity index (χ1n) is 10.4. The monoisotopic (exact) mass is 473 g/mol. The number of nitrogens with one attached hydrogen (secondary N) is 1. The van der Waals surface area contributed by atoms with E-state index in [4.69, 9.17) is 0 Å². The van der Waals surface area contributed by atoms with E-state index in [9.17, 15) is 17.6 Å². The lowest BCUT2D eigenvalue weighted by Gasteiger charge is -2.26. The Morgan fingerprint density at radius 2 is 1.75 bits per heavy atom. The van der Waals surface area contributed by atoms with Crippen LogP contribution < -0.4 is 5.32 Å². The van der Waals surface area contributed by atoms with Gasteiger partial charge in [0.1, 0.15) is 15.7 Å². The summed E-state index contributed by atoms with van der Waals surface area (Å²) in [4.78, 5) is 18.0. The molecule has 0 spiro atoms. The van der Waals surface area contributed by atoms with E-state index >= 15 is 0 Å². The zero-order valence-corrected chi connectivity index (χ0v) is 19.5. The van der Waals surface area contributed by atoms with Crippen LogP contribution in [-0.4, -0.2) is 36.7 Å². The molecule has 0 aliphatic carbocycles. The first-order valence-corrected chi connectivity index (χ1v) is 12.7. The highest BCUT2D eigenvalue weighted by Crippen LogP contribution is 2.30. The highest BCUT2D eigenvalue weighted by Gasteiger charge is 2.27. The summed E-state index contributed by atoms with van der Waals surface area (Å²) in [6.45, 7) is 4.59. The highest BCUT2D eigenvalue weighted by molar-refractivity contribution is 7.89. The fraction of sp³-hybridized carbons (Fsp3) is 0.304. The summed E-state index contributed by atoms with van der Waals surface area (Å²) in [6.07, 6.45) is 2.75. The van der Waals surface area contributed by atoms with Crippen LogP contribution in [-0.2, 0) is 10.0 Å². The maximum Gasteiger partial charge on any atom is 0.267 e. The number of benzene rings is 2. The number of aromatic nitrogens is 1. The van der Waals surface area contributed by atoms with Crippen molar-refractivity contribution in [2.75, 3.05) is 18.4 Å². The third kappa shape index (κ3) is 4.60. The molecule has 32 heavy (non-hydrogen) atoms. The van der Waals surface area contributed by atoms with E-state index in [0.29, 0.717) is 34.4 Å². The summed E-state index contributed by atoms with van der Waals surface area (Å²) in [5, 5.41) is 3.46. The Balaban J connectivity index is 1.58. The second kappa shape index (κ2) is 9.09. The molecule has 1 fully saturated rings. The Labute approximate surface area is 191 Å². The van der Waals surface area contributed by atoms with Crippen molar-refractivity contribution in [1.29, 1.82) is 0 Å². The van der Waals surface area contributed by atoms with Crippen molar-refractivity contribution in [2.24, 2.45) is 0 Å². The minimum atomic E-state index is -3.60. The molecule has 9 heteroatoms. The average molecular weight is 474 g/mol. The quantitative estimate of drug-likeness (QED) is 0.566. The Hall–Kier alpha value is -2.62. The SMILES string of the molecule is Cc1ccc(S(=O)(=O)N2CCCCC2)cc1NC(=O)c1sc(-c2ccc(F)cc2)nc1C. The van der Waals surface area contributed by atoms with Crippen LogP contribution in [0.15, 0.2) is 47.4 Å². The minimum Gasteiger partial charge on any atom is -0.321 e. The molecule has 0 radical (unpaired) electrons. The molecule has 1 aliphatic rings. The number of amides is 1. The zero-order chi connectivity index (χ0) is 22.9. The van der Waals surface area contributed by atoms with Crippen molar-refractivity contribution in [3.8, 4) is 10.6 Å². The molecule has 3 aromatic rings. The van der Waals surface area contributed by atoms with E-state index in [1.165, 1.54) is 33.8 Å². The van der Waals surface area contributed by atoms with Crippen molar-refractivity contribution in [2.45, 2.75) is 38.0 Å². The standard InChI is InChI=1S/C23H24FN3O3S2/c1-15-6-11-19(32(29,30)27-12-4-3-5-13-27)14-20(15)26-22(28)21-16(2)25-23(31-21)17-7-9-18(24)10-8-17/h6-11,14H,3-5,12-13H2,1-2H3,(H,26,28). The molecular formula is C23H24FN3O3S2. The zero-order valence-electron chi connectivity index (χ0n) is 17.9. The number of rotatable bonds is 5. The van der Waals surface area contributed by atoms with Gasteiger partial charge in [-0.05, 0) is 68.7 Å². The van der Waals surface area contributed by atoms with Gasteiger partial charge in [0.25, 0.3) is 5.91 Å². The van der Waals surface area contributed by atoms with Gasteiger partial charge in [-0.25, -0.2) is 17.8 Å². The van der Waals surface area contributed by atoms with Crippen LogP contribution in [0.5, 0.6) is 0 Å². The van der Waals surface area contributed by atoms with Crippen molar-refractivity contribution >= 4 is 33.0 Å². The van der Waals surface area contributed by atoms with E-state index in [2.05, 4.69) is 10.3 Å². The van der Waals surface area contributed by atoms with Gasteiger partial charge in [-0.3, -0.25) is 4.79 Å². The van der Waals surface area contributed by atoms with Gasteiger partial charge < -0.3 is 5.32 Å². The number of nitrogens with zero attached hydrogens (tertiary/aromatic N) is 2. The Morgan fingerprint density at radius 1 is 1.06 bits per heavy atom. The molecular weight excluding hydrogens is 449 g/mol. The fourth-order valence-electron chi connectivity index (χ4n) is 3.65. The third-order valence-electron chi connectivity index (χ3n) is 5.50. The molecule has 168 valence electrons. The predicted molar refractivity (Wildman–Crippen MR) is 124 cm³/mol. The molecule has 0 atom stereocenters. The summed E-state index contributed by atoms with van der Waals surface area (Å²) in [6, 6.07) is 10.7. The maximum absolute atomic E-state index is 13.2. The topological polar surface area (TPSA) is 79.4 Å². The number of sulfonamides is 1. The summed E-state index contributed by atoms with van der Waals surface area (Å²) in [5.41, 5.74) is 2.49. The van der Waals surface area contributed by atoms with Crippen molar-refractivity contribution in [1.82, 2.24) is 9.29 Å². The maximum atomic E-state index is 13.2. The Kier molecular flexibility index (Phi) is 6.41. The number of hydrogen-bond donors (Lipinski definition) is 1. The van der Waals surface area contributed by atoms with Crippen LogP contribution in [0, 0.1) is 19.7 Å². The number of carbonyl (C=O) groups excluding carboxylic acids is 1. The molecule has 0 unspecified atom stereocenters. The van der Waals surface area contributed by atoms with Crippen LogP contribution in [0.2, 0.25) is 0 Å². The number of hydrogen-bond acceptors (Lipinski definition) is 5. The molecule has 6 nitrogen and oxygen atoms in total. The summed E-state index contributed by atoms with van der Waals surface area (Å²) >= 11 is 1.21. The van der Waals surface area contributed by atoms with E-state index in [0.717, 1.165) is 30.4 Å². The number of carbonyl (C=O) groups is 1. The Morgan fingerprint density at radius 3 is 2.44 bits per heavy atom. The molecule has 4 rings (SSSR count). The smallest absolute Gasteiger partial charge is 0.267 e. The lowest BCUT2D eigenvalue weighted by atomic mass is 10.2. The summed E-state index contributed by atoms with van der Waals surface area (Å²) < 4.78 is 40.8. The highest BCUT2D eigenvalue weighted by atomic mass is 32.2. The first kappa shape index (κ1) is 22.6. The van der Waals surface area contributed by atoms with Gasteiger partial charge in [-0.1, -0.05) is 12.5 Å². The minimum absolute atomic E-state index is 0.174. The van der Waals surface area contributed by atoms with E-state index < -0.39 is 10.0 Å². The molecule has 1 aliphatic heterocycles. The molecule has 0 saturated carbocycles. The number of piperidine rings is 1. The Bertz CT molecular complexity index is 1250. The second-order valence-corrected chi connectivity index (χ2v) is 10.8. The number of anilines is 1. The molecule has 1 saturated heterocycles. The average Bonchev–Trinajstić information content (AvgIpc) is 3.18. The van der Waals surface area contributed by atoms with E-state index in [-0.39, 0.29) is 16.6 Å². The van der Waals surface area contributed by atoms with Crippen LogP contribution in [0.1, 0.15) is 40.2 Å². The van der Waals surface area contributed by atoms with Gasteiger partial charge in [0.15, 0.2) is 0 Å². The van der Waals surface area contributed by atoms with Gasteiger partial charge in [0, 0.05) is 24.3 Å². The largest absolute Gasteiger partial charge is 0.321 e. The lowest BCUT2D eigenvalue weighted by Crippen LogP contribution is -2.35. The normalized spacial score (nSPS) is 15.0. The fourth-order valence-corrected chi connectivity index (χ4v) is 6.16. The van der Waals surface area contributed by atoms with Gasteiger partial charge >= 0.3 is 0 Å². The van der Waals surface area contributed by atoms with E-state index in [1.54, 1.807) is 31.2 Å². The molecule has 2 aromatic carbocycles. The lowest BCUT2D eigenvalue weighted by molar-refractivity contribution is 0.102. The summed E-state index contributed by atoms with van der Waals surface area (Å²) in [7, 11) is -3.60. The van der Waals surface area contributed by atoms with Crippen molar-refractivity contribution in [3.63, 3.8) is 0 Å². The van der Waals surface area contributed by atoms with Gasteiger partial charge in [0.05, 0.1) is 10.6 Å².